The molecule has 0 fully saturated rings. The van der Waals surface area contributed by atoms with Crippen molar-refractivity contribution in [2.45, 2.75) is 12.6 Å². The molecular formula is C24H20F2N2O5. The molecule has 0 bridgehead atoms. The Hall–Kier alpha value is -3.82. The van der Waals surface area contributed by atoms with E-state index >= 15 is 0 Å². The summed E-state index contributed by atoms with van der Waals surface area (Å²) in [6.45, 7) is -0.780. The van der Waals surface area contributed by atoms with E-state index in [-0.39, 0.29) is 40.5 Å². The first kappa shape index (κ1) is 22.4. The van der Waals surface area contributed by atoms with Gasteiger partial charge in [0.2, 0.25) is 0 Å². The van der Waals surface area contributed by atoms with Gasteiger partial charge in [0.05, 0.1) is 30.5 Å². The van der Waals surface area contributed by atoms with Gasteiger partial charge in [-0.15, -0.1) is 0 Å². The summed E-state index contributed by atoms with van der Waals surface area (Å²) in [5.74, 6) is -2.07. The van der Waals surface area contributed by atoms with E-state index in [1.165, 1.54) is 24.3 Å². The molecule has 3 aromatic carbocycles. The minimum absolute atomic E-state index is 0.0688. The standard InChI is InChI=1S/C24H20F2N2O5/c25-15-3-6-21(20(26)8-15)27-16-4-5-18-22(9-16)33-12-14-2-1-13(7-19(14)23(18)31)24(32)28-17(10-29)11-30/h1-9,17,27,29-30H,10-12H2,(H,28,32). The highest BCUT2D eigenvalue weighted by Gasteiger charge is 2.24. The molecule has 0 saturated carbocycles. The van der Waals surface area contributed by atoms with Gasteiger partial charge in [-0.05, 0) is 36.4 Å². The number of amides is 1. The van der Waals surface area contributed by atoms with Crippen LogP contribution in [0.25, 0.3) is 0 Å². The Morgan fingerprint density at radius 2 is 1.79 bits per heavy atom. The Kier molecular flexibility index (Phi) is 6.34. The van der Waals surface area contributed by atoms with Gasteiger partial charge in [0.25, 0.3) is 5.91 Å². The first-order valence-corrected chi connectivity index (χ1v) is 10.1. The van der Waals surface area contributed by atoms with Crippen LogP contribution >= 0.6 is 0 Å². The van der Waals surface area contributed by atoms with Crippen molar-refractivity contribution in [1.29, 1.82) is 0 Å². The van der Waals surface area contributed by atoms with Gasteiger partial charge in [-0.2, -0.15) is 0 Å². The van der Waals surface area contributed by atoms with Gasteiger partial charge in [0.1, 0.15) is 24.0 Å². The summed E-state index contributed by atoms with van der Waals surface area (Å²) in [5, 5.41) is 23.6. The Bertz CT molecular complexity index is 1230. The number of rotatable bonds is 6. The zero-order chi connectivity index (χ0) is 23.5. The van der Waals surface area contributed by atoms with Crippen LogP contribution < -0.4 is 15.4 Å². The van der Waals surface area contributed by atoms with Gasteiger partial charge >= 0.3 is 0 Å². The fourth-order valence-electron chi connectivity index (χ4n) is 3.43. The summed E-state index contributed by atoms with van der Waals surface area (Å²) in [6.07, 6.45) is 0. The largest absolute Gasteiger partial charge is 0.488 e. The summed E-state index contributed by atoms with van der Waals surface area (Å²) in [5.41, 5.74) is 1.84. The number of anilines is 2. The summed E-state index contributed by atoms with van der Waals surface area (Å²) in [4.78, 5) is 25.6. The van der Waals surface area contributed by atoms with E-state index in [4.69, 9.17) is 14.9 Å². The van der Waals surface area contributed by atoms with E-state index in [0.717, 1.165) is 12.1 Å². The minimum atomic E-state index is -0.812. The van der Waals surface area contributed by atoms with Crippen LogP contribution in [-0.4, -0.2) is 41.2 Å². The predicted octanol–water partition coefficient (Wildman–Crippen LogP) is 2.91. The summed E-state index contributed by atoms with van der Waals surface area (Å²) in [7, 11) is 0. The van der Waals surface area contributed by atoms with Crippen LogP contribution in [0.1, 0.15) is 31.8 Å². The van der Waals surface area contributed by atoms with Crippen LogP contribution in [0.15, 0.2) is 54.6 Å². The molecule has 7 nitrogen and oxygen atoms in total. The lowest BCUT2D eigenvalue weighted by molar-refractivity contribution is 0.0879. The van der Waals surface area contributed by atoms with Crippen LogP contribution in [0.3, 0.4) is 0 Å². The molecule has 9 heteroatoms. The molecule has 0 atom stereocenters. The van der Waals surface area contributed by atoms with E-state index < -0.39 is 36.8 Å². The van der Waals surface area contributed by atoms with Gasteiger partial charge < -0.3 is 25.6 Å². The van der Waals surface area contributed by atoms with Gasteiger partial charge in [-0.3, -0.25) is 9.59 Å². The molecule has 1 aliphatic rings. The monoisotopic (exact) mass is 454 g/mol. The molecule has 4 rings (SSSR count). The molecule has 0 radical (unpaired) electrons. The molecule has 0 aliphatic carbocycles. The molecule has 4 N–H and O–H groups in total. The maximum absolute atomic E-state index is 14.0. The van der Waals surface area contributed by atoms with Crippen molar-refractivity contribution >= 4 is 23.1 Å². The van der Waals surface area contributed by atoms with Crippen molar-refractivity contribution in [2.24, 2.45) is 0 Å². The van der Waals surface area contributed by atoms with Crippen LogP contribution in [0.5, 0.6) is 5.75 Å². The highest BCUT2D eigenvalue weighted by molar-refractivity contribution is 6.13. The molecule has 0 saturated heterocycles. The highest BCUT2D eigenvalue weighted by atomic mass is 19.1. The minimum Gasteiger partial charge on any atom is -0.488 e. The number of carbonyl (C=O) groups excluding carboxylic acids is 2. The first-order chi connectivity index (χ1) is 15.9. The average Bonchev–Trinajstić information content (AvgIpc) is 2.95. The van der Waals surface area contributed by atoms with Crippen LogP contribution in [0.2, 0.25) is 0 Å². The van der Waals surface area contributed by atoms with Crippen LogP contribution in [-0.2, 0) is 6.61 Å². The number of halogens is 2. The van der Waals surface area contributed by atoms with Gasteiger partial charge in [-0.1, -0.05) is 6.07 Å². The van der Waals surface area contributed by atoms with Crippen molar-refractivity contribution < 1.29 is 33.3 Å². The molecule has 0 spiro atoms. The third-order valence-corrected chi connectivity index (χ3v) is 5.21. The Morgan fingerprint density at radius 1 is 1.00 bits per heavy atom. The molecule has 1 amide bonds. The second-order valence-electron chi connectivity index (χ2n) is 7.49. The maximum atomic E-state index is 14.0. The molecule has 0 aromatic heterocycles. The number of aliphatic hydroxyl groups excluding tert-OH is 2. The predicted molar refractivity (Wildman–Crippen MR) is 116 cm³/mol. The molecular weight excluding hydrogens is 434 g/mol. The Morgan fingerprint density at radius 3 is 2.52 bits per heavy atom. The maximum Gasteiger partial charge on any atom is 0.251 e. The van der Waals surface area contributed by atoms with Crippen molar-refractivity contribution in [1.82, 2.24) is 5.32 Å². The van der Waals surface area contributed by atoms with Crippen molar-refractivity contribution in [2.75, 3.05) is 18.5 Å². The van der Waals surface area contributed by atoms with Crippen molar-refractivity contribution in [3.8, 4) is 5.75 Å². The van der Waals surface area contributed by atoms with E-state index in [0.29, 0.717) is 11.3 Å². The molecule has 3 aromatic rings. The second-order valence-corrected chi connectivity index (χ2v) is 7.49. The summed E-state index contributed by atoms with van der Waals surface area (Å²) >= 11 is 0. The third-order valence-electron chi connectivity index (χ3n) is 5.21. The quantitative estimate of drug-likeness (QED) is 0.456. The summed E-state index contributed by atoms with van der Waals surface area (Å²) < 4.78 is 32.9. The third kappa shape index (κ3) is 4.69. The lowest BCUT2D eigenvalue weighted by Crippen LogP contribution is -2.40. The molecule has 1 aliphatic heterocycles. The first-order valence-electron chi connectivity index (χ1n) is 10.1. The number of ether oxygens (including phenoxy) is 1. The number of ketones is 1. The number of aliphatic hydroxyl groups is 2. The zero-order valence-corrected chi connectivity index (χ0v) is 17.3. The van der Waals surface area contributed by atoms with E-state index in [1.807, 2.05) is 0 Å². The number of benzene rings is 3. The van der Waals surface area contributed by atoms with E-state index in [1.54, 1.807) is 18.2 Å². The van der Waals surface area contributed by atoms with Crippen LogP contribution in [0, 0.1) is 11.6 Å². The zero-order valence-electron chi connectivity index (χ0n) is 17.3. The topological polar surface area (TPSA) is 108 Å². The van der Waals surface area contributed by atoms with Gasteiger partial charge in [0, 0.05) is 34.5 Å². The molecule has 33 heavy (non-hydrogen) atoms. The van der Waals surface area contributed by atoms with Gasteiger partial charge in [-0.25, -0.2) is 8.78 Å². The van der Waals surface area contributed by atoms with Crippen LogP contribution in [0.4, 0.5) is 20.2 Å². The normalized spacial score (nSPS) is 12.5. The van der Waals surface area contributed by atoms with Crippen molar-refractivity contribution in [3.05, 3.63) is 88.5 Å². The number of hydrogen-bond acceptors (Lipinski definition) is 6. The SMILES string of the molecule is O=C(NC(CO)CO)c1ccc2c(c1)C(=O)c1ccc(Nc3ccc(F)cc3F)cc1OC2. The van der Waals surface area contributed by atoms with Crippen molar-refractivity contribution in [3.63, 3.8) is 0 Å². The smallest absolute Gasteiger partial charge is 0.251 e. The van der Waals surface area contributed by atoms with Gasteiger partial charge in [0.15, 0.2) is 5.78 Å². The fourth-order valence-corrected chi connectivity index (χ4v) is 3.43. The Balaban J connectivity index is 1.60. The van der Waals surface area contributed by atoms with E-state index in [9.17, 15) is 18.4 Å². The molecule has 0 unspecified atom stereocenters. The molecule has 1 heterocycles. The lowest BCUT2D eigenvalue weighted by atomic mass is 9.96. The lowest BCUT2D eigenvalue weighted by Gasteiger charge is -2.14. The Labute approximate surface area is 187 Å². The number of nitrogens with one attached hydrogen (secondary N) is 2. The highest BCUT2D eigenvalue weighted by Crippen LogP contribution is 2.32. The summed E-state index contributed by atoms with van der Waals surface area (Å²) in [6, 6.07) is 11.6. The number of fused-ring (bicyclic) bond motifs is 2. The second kappa shape index (κ2) is 9.35. The number of hydrogen-bond donors (Lipinski definition) is 4. The average molecular weight is 454 g/mol. The number of carbonyl (C=O) groups is 2. The van der Waals surface area contributed by atoms with E-state index in [2.05, 4.69) is 10.6 Å². The fraction of sp³-hybridized carbons (Fsp3) is 0.167. The molecule has 170 valence electrons.